The van der Waals surface area contributed by atoms with Crippen LogP contribution in [-0.2, 0) is 9.53 Å². The molecule has 4 nitrogen and oxygen atoms in total. The third-order valence-corrected chi connectivity index (χ3v) is 5.35. The Morgan fingerprint density at radius 2 is 1.85 bits per heavy atom. The summed E-state index contributed by atoms with van der Waals surface area (Å²) in [6.45, 7) is 2.46. The van der Waals surface area contributed by atoms with Crippen LogP contribution in [0.25, 0.3) is 10.8 Å². The van der Waals surface area contributed by atoms with Crippen LogP contribution >= 0.6 is 15.9 Å². The number of rotatable bonds is 4. The number of halogens is 1. The Morgan fingerprint density at radius 1 is 1.07 bits per heavy atom. The van der Waals surface area contributed by atoms with E-state index in [4.69, 9.17) is 4.74 Å². The minimum absolute atomic E-state index is 0.00259. The van der Waals surface area contributed by atoms with Crippen molar-refractivity contribution in [2.24, 2.45) is 0 Å². The van der Waals surface area contributed by atoms with Crippen LogP contribution in [0.3, 0.4) is 0 Å². The van der Waals surface area contributed by atoms with Gasteiger partial charge in [0.05, 0.1) is 19.3 Å². The molecule has 0 radical (unpaired) electrons. The lowest BCUT2D eigenvalue weighted by Gasteiger charge is -2.32. The van der Waals surface area contributed by atoms with Gasteiger partial charge < -0.3 is 10.1 Å². The zero-order chi connectivity index (χ0) is 18.6. The first kappa shape index (κ1) is 18.2. The molecule has 1 aliphatic heterocycles. The Hall–Kier alpha value is -2.21. The van der Waals surface area contributed by atoms with Gasteiger partial charge in [0.1, 0.15) is 0 Å². The van der Waals surface area contributed by atoms with Gasteiger partial charge >= 0.3 is 0 Å². The molecule has 0 bridgehead atoms. The maximum absolute atomic E-state index is 12.6. The molecule has 0 spiro atoms. The van der Waals surface area contributed by atoms with E-state index >= 15 is 0 Å². The van der Waals surface area contributed by atoms with Gasteiger partial charge in [-0.05, 0) is 29.1 Å². The number of fused-ring (bicyclic) bond motifs is 1. The van der Waals surface area contributed by atoms with Crippen LogP contribution in [0.2, 0.25) is 0 Å². The molecule has 1 fully saturated rings. The number of hydrogen-bond acceptors (Lipinski definition) is 3. The Morgan fingerprint density at radius 3 is 2.70 bits per heavy atom. The second-order valence-electron chi connectivity index (χ2n) is 6.72. The minimum atomic E-state index is -0.00259. The lowest BCUT2D eigenvalue weighted by atomic mass is 10.1. The van der Waals surface area contributed by atoms with Crippen molar-refractivity contribution in [3.8, 4) is 0 Å². The fourth-order valence-corrected chi connectivity index (χ4v) is 3.72. The molecule has 1 aliphatic rings. The maximum atomic E-state index is 12.6. The second kappa shape index (κ2) is 8.21. The molecule has 3 aromatic carbocycles. The lowest BCUT2D eigenvalue weighted by Crippen LogP contribution is -2.42. The number of benzene rings is 3. The molecule has 1 atom stereocenters. The van der Waals surface area contributed by atoms with Gasteiger partial charge in [-0.1, -0.05) is 64.5 Å². The highest BCUT2D eigenvalue weighted by Gasteiger charge is 2.23. The average Bonchev–Trinajstić information content (AvgIpc) is 2.69. The van der Waals surface area contributed by atoms with Gasteiger partial charge in [0, 0.05) is 28.6 Å². The number of ether oxygens (including phenoxy) is 1. The molecule has 1 heterocycles. The van der Waals surface area contributed by atoms with Gasteiger partial charge in [-0.25, -0.2) is 0 Å². The summed E-state index contributed by atoms with van der Waals surface area (Å²) in [5.74, 6) is 0.00260. The summed E-state index contributed by atoms with van der Waals surface area (Å²) in [6.07, 6.45) is -0.00259. The third-order valence-electron chi connectivity index (χ3n) is 4.82. The summed E-state index contributed by atoms with van der Waals surface area (Å²) in [5, 5.41) is 5.25. The van der Waals surface area contributed by atoms with Crippen molar-refractivity contribution in [2.45, 2.75) is 6.10 Å². The monoisotopic (exact) mass is 424 g/mol. The molecule has 0 aliphatic carbocycles. The van der Waals surface area contributed by atoms with Gasteiger partial charge in [0.25, 0.3) is 0 Å². The molecule has 4 rings (SSSR count). The zero-order valence-corrected chi connectivity index (χ0v) is 16.5. The van der Waals surface area contributed by atoms with Crippen LogP contribution in [0.15, 0.2) is 71.2 Å². The topological polar surface area (TPSA) is 41.6 Å². The molecule has 1 amide bonds. The smallest absolute Gasteiger partial charge is 0.238 e. The van der Waals surface area contributed by atoms with Crippen LogP contribution in [0.5, 0.6) is 0 Å². The molecule has 27 heavy (non-hydrogen) atoms. The van der Waals surface area contributed by atoms with Crippen LogP contribution < -0.4 is 5.32 Å². The molecule has 0 aromatic heterocycles. The Kier molecular flexibility index (Phi) is 5.53. The molecule has 138 valence electrons. The number of morpholine rings is 1. The molecular formula is C22H21BrN2O2. The van der Waals surface area contributed by atoms with E-state index in [9.17, 15) is 4.79 Å². The molecule has 5 heteroatoms. The summed E-state index contributed by atoms with van der Waals surface area (Å²) in [5.41, 5.74) is 1.99. The van der Waals surface area contributed by atoms with E-state index < -0.39 is 0 Å². The number of hydrogen-bond donors (Lipinski definition) is 1. The van der Waals surface area contributed by atoms with Crippen molar-refractivity contribution in [1.29, 1.82) is 0 Å². The number of anilines is 1. The minimum Gasteiger partial charge on any atom is -0.371 e. The van der Waals surface area contributed by atoms with Gasteiger partial charge in [-0.2, -0.15) is 0 Å². The van der Waals surface area contributed by atoms with E-state index in [1.807, 2.05) is 42.5 Å². The van der Waals surface area contributed by atoms with E-state index in [2.05, 4.69) is 50.4 Å². The normalized spacial score (nSPS) is 17.7. The summed E-state index contributed by atoms with van der Waals surface area (Å²) in [4.78, 5) is 14.8. The van der Waals surface area contributed by atoms with E-state index in [0.717, 1.165) is 33.0 Å². The van der Waals surface area contributed by atoms with E-state index in [1.165, 1.54) is 0 Å². The van der Waals surface area contributed by atoms with Crippen LogP contribution in [-0.4, -0.2) is 37.0 Å². The number of amides is 1. The average molecular weight is 425 g/mol. The Bertz CT molecular complexity index is 937. The van der Waals surface area contributed by atoms with Gasteiger partial charge in [-0.15, -0.1) is 0 Å². The van der Waals surface area contributed by atoms with Crippen molar-refractivity contribution in [3.05, 3.63) is 76.8 Å². The van der Waals surface area contributed by atoms with Crippen molar-refractivity contribution in [3.63, 3.8) is 0 Å². The highest BCUT2D eigenvalue weighted by atomic mass is 79.9. The highest BCUT2D eigenvalue weighted by molar-refractivity contribution is 9.10. The van der Waals surface area contributed by atoms with Crippen LogP contribution in [0.1, 0.15) is 11.7 Å². The largest absolute Gasteiger partial charge is 0.371 e. The fourth-order valence-electron chi connectivity index (χ4n) is 3.45. The van der Waals surface area contributed by atoms with Crippen LogP contribution in [0.4, 0.5) is 5.69 Å². The first-order valence-electron chi connectivity index (χ1n) is 9.06. The molecule has 3 aromatic rings. The van der Waals surface area contributed by atoms with Crippen molar-refractivity contribution in [2.75, 3.05) is 31.6 Å². The number of carbonyl (C=O) groups excluding carboxylic acids is 1. The highest BCUT2D eigenvalue weighted by Crippen LogP contribution is 2.25. The fraction of sp³-hybridized carbons (Fsp3) is 0.227. The zero-order valence-electron chi connectivity index (χ0n) is 14.9. The predicted molar refractivity (Wildman–Crippen MR) is 112 cm³/mol. The van der Waals surface area contributed by atoms with Crippen molar-refractivity contribution < 1.29 is 9.53 Å². The predicted octanol–water partition coefficient (Wildman–Crippen LogP) is 4.61. The quantitative estimate of drug-likeness (QED) is 0.664. The Labute approximate surface area is 167 Å². The molecule has 1 unspecified atom stereocenters. The number of carbonyl (C=O) groups is 1. The van der Waals surface area contributed by atoms with E-state index in [-0.39, 0.29) is 12.0 Å². The number of nitrogens with zero attached hydrogens (tertiary/aromatic N) is 1. The van der Waals surface area contributed by atoms with Gasteiger partial charge in [0.2, 0.25) is 5.91 Å². The van der Waals surface area contributed by atoms with Gasteiger partial charge in [0.15, 0.2) is 0 Å². The van der Waals surface area contributed by atoms with Crippen molar-refractivity contribution >= 4 is 38.3 Å². The SMILES string of the molecule is O=C(CN1CCOC(c2ccc(Br)cc2)C1)Nc1cccc2ccccc12. The van der Waals surface area contributed by atoms with E-state index in [0.29, 0.717) is 19.7 Å². The summed E-state index contributed by atoms with van der Waals surface area (Å²) < 4.78 is 6.95. The maximum Gasteiger partial charge on any atom is 0.238 e. The van der Waals surface area contributed by atoms with Crippen LogP contribution in [0, 0.1) is 0 Å². The summed E-state index contributed by atoms with van der Waals surface area (Å²) in [7, 11) is 0. The van der Waals surface area contributed by atoms with Gasteiger partial charge in [-0.3, -0.25) is 9.69 Å². The van der Waals surface area contributed by atoms with E-state index in [1.54, 1.807) is 0 Å². The number of nitrogens with one attached hydrogen (secondary N) is 1. The molecule has 1 N–H and O–H groups in total. The standard InChI is InChI=1S/C22H21BrN2O2/c23-18-10-8-17(9-11-18)21-14-25(12-13-27-21)15-22(26)24-20-7-3-5-16-4-1-2-6-19(16)20/h1-11,21H,12-15H2,(H,24,26). The second-order valence-corrected chi connectivity index (χ2v) is 7.64. The first-order chi connectivity index (χ1) is 13.2. The van der Waals surface area contributed by atoms with Crippen molar-refractivity contribution in [1.82, 2.24) is 4.90 Å². The Balaban J connectivity index is 1.41. The first-order valence-corrected chi connectivity index (χ1v) is 9.85. The third kappa shape index (κ3) is 4.38. The lowest BCUT2D eigenvalue weighted by molar-refractivity contribution is -0.119. The summed E-state index contributed by atoms with van der Waals surface area (Å²) in [6, 6.07) is 22.2. The molecular weight excluding hydrogens is 404 g/mol. The molecule has 1 saturated heterocycles. The molecule has 0 saturated carbocycles. The summed E-state index contributed by atoms with van der Waals surface area (Å²) >= 11 is 3.46.